The molecule has 0 N–H and O–H groups in total. The van der Waals surface area contributed by atoms with Crippen LogP contribution in [0.2, 0.25) is 0 Å². The maximum atomic E-state index is 5.00. The van der Waals surface area contributed by atoms with Gasteiger partial charge in [0, 0.05) is 12.9 Å². The van der Waals surface area contributed by atoms with E-state index < -0.39 is 0 Å². The maximum absolute atomic E-state index is 5.00. The molecule has 2 heteroatoms. The summed E-state index contributed by atoms with van der Waals surface area (Å²) in [4.78, 5) is 0. The lowest BCUT2D eigenvalue weighted by atomic mass is 10.1. The second kappa shape index (κ2) is 14.3. The number of ether oxygens (including phenoxy) is 1. The van der Waals surface area contributed by atoms with Crippen molar-refractivity contribution in [1.29, 1.82) is 0 Å². The minimum absolute atomic E-state index is 0.904. The zero-order valence-corrected chi connectivity index (χ0v) is 11.4. The fraction of sp³-hybridized carbons (Fsp3) is 1.00. The lowest BCUT2D eigenvalue weighted by molar-refractivity contribution is 0.218. The molecule has 0 unspecified atom stereocenters. The van der Waals surface area contributed by atoms with E-state index in [0.717, 1.165) is 12.4 Å². The van der Waals surface area contributed by atoms with Crippen molar-refractivity contribution in [3.63, 3.8) is 0 Å². The largest absolute Gasteiger partial charge is 0.384 e. The fourth-order valence-corrected chi connectivity index (χ4v) is 2.48. The molecule has 0 aromatic rings. The van der Waals surface area contributed by atoms with Gasteiger partial charge < -0.3 is 4.74 Å². The zero-order valence-electron chi connectivity index (χ0n) is 10.6. The Bertz CT molecular complexity index is 94.7. The van der Waals surface area contributed by atoms with Gasteiger partial charge in [0.05, 0.1) is 6.61 Å². The molecule has 0 heterocycles. The maximum Gasteiger partial charge on any atom is 0.0552 e. The highest BCUT2D eigenvalue weighted by Gasteiger charge is 1.92. The molecule has 0 saturated carbocycles. The molecule has 0 aliphatic rings. The van der Waals surface area contributed by atoms with Crippen molar-refractivity contribution >= 4 is 11.8 Å². The van der Waals surface area contributed by atoms with Crippen molar-refractivity contribution < 1.29 is 4.74 Å². The van der Waals surface area contributed by atoms with Gasteiger partial charge in [-0.05, 0) is 12.2 Å². The molecule has 0 aromatic carbocycles. The van der Waals surface area contributed by atoms with Crippen LogP contribution in [0, 0.1) is 0 Å². The van der Waals surface area contributed by atoms with Crippen molar-refractivity contribution in [1.82, 2.24) is 0 Å². The summed E-state index contributed by atoms with van der Waals surface area (Å²) in [6.07, 6.45) is 11.4. The van der Waals surface area contributed by atoms with E-state index in [1.807, 2.05) is 11.8 Å². The fourth-order valence-electron chi connectivity index (χ4n) is 1.58. The molecule has 0 aliphatic heterocycles. The summed E-state index contributed by atoms with van der Waals surface area (Å²) in [7, 11) is 1.77. The quantitative estimate of drug-likeness (QED) is 0.458. The Balaban J connectivity index is 2.81. The van der Waals surface area contributed by atoms with E-state index in [9.17, 15) is 0 Å². The molecular weight excluding hydrogens is 204 g/mol. The third-order valence-corrected chi connectivity index (χ3v) is 3.61. The van der Waals surface area contributed by atoms with Crippen LogP contribution in [0.25, 0.3) is 0 Å². The van der Waals surface area contributed by atoms with Gasteiger partial charge >= 0.3 is 0 Å². The summed E-state index contributed by atoms with van der Waals surface area (Å²) < 4.78 is 5.00. The zero-order chi connectivity index (χ0) is 11.2. The normalized spacial score (nSPS) is 10.8. The Hall–Kier alpha value is 0.310. The van der Waals surface area contributed by atoms with Crippen molar-refractivity contribution in [3.05, 3.63) is 0 Å². The molecule has 0 spiro atoms. The molecule has 0 saturated heterocycles. The topological polar surface area (TPSA) is 9.23 Å². The van der Waals surface area contributed by atoms with Gasteiger partial charge in [-0.15, -0.1) is 0 Å². The van der Waals surface area contributed by atoms with Crippen molar-refractivity contribution in [2.24, 2.45) is 0 Å². The Kier molecular flexibility index (Phi) is 14.6. The molecule has 0 radical (unpaired) electrons. The van der Waals surface area contributed by atoms with Gasteiger partial charge in [0.15, 0.2) is 0 Å². The number of unbranched alkanes of at least 4 members (excludes halogenated alkanes) is 7. The van der Waals surface area contributed by atoms with Gasteiger partial charge in [-0.3, -0.25) is 0 Å². The van der Waals surface area contributed by atoms with Gasteiger partial charge in [0.1, 0.15) is 0 Å². The van der Waals surface area contributed by atoms with Crippen LogP contribution in [0.3, 0.4) is 0 Å². The first-order valence-electron chi connectivity index (χ1n) is 6.48. The standard InChI is InChI=1S/C13H28OS/c1-3-4-5-6-7-8-9-10-12-15-13-11-14-2/h3-13H2,1-2H3. The molecule has 0 aliphatic carbocycles. The summed E-state index contributed by atoms with van der Waals surface area (Å²) in [5.74, 6) is 2.48. The van der Waals surface area contributed by atoms with E-state index in [4.69, 9.17) is 4.74 Å². The third-order valence-electron chi connectivity index (χ3n) is 2.57. The highest BCUT2D eigenvalue weighted by Crippen LogP contribution is 2.10. The minimum Gasteiger partial charge on any atom is -0.384 e. The molecule has 1 nitrogen and oxygen atoms in total. The molecule has 15 heavy (non-hydrogen) atoms. The summed E-state index contributed by atoms with van der Waals surface area (Å²) in [5.41, 5.74) is 0. The predicted molar refractivity (Wildman–Crippen MR) is 71.8 cm³/mol. The van der Waals surface area contributed by atoms with E-state index in [2.05, 4.69) is 6.92 Å². The molecule has 0 amide bonds. The lowest BCUT2D eigenvalue weighted by Crippen LogP contribution is -1.92. The highest BCUT2D eigenvalue weighted by atomic mass is 32.2. The van der Waals surface area contributed by atoms with E-state index in [-0.39, 0.29) is 0 Å². The second-order valence-electron chi connectivity index (χ2n) is 4.08. The van der Waals surface area contributed by atoms with Crippen LogP contribution < -0.4 is 0 Å². The number of methoxy groups -OCH3 is 1. The second-order valence-corrected chi connectivity index (χ2v) is 5.30. The van der Waals surface area contributed by atoms with Gasteiger partial charge in [-0.1, -0.05) is 51.9 Å². The smallest absolute Gasteiger partial charge is 0.0552 e. The highest BCUT2D eigenvalue weighted by molar-refractivity contribution is 7.99. The van der Waals surface area contributed by atoms with E-state index in [1.54, 1.807) is 7.11 Å². The molecule has 0 fully saturated rings. The first-order valence-corrected chi connectivity index (χ1v) is 7.64. The van der Waals surface area contributed by atoms with E-state index in [1.165, 1.54) is 57.1 Å². The van der Waals surface area contributed by atoms with Crippen molar-refractivity contribution in [2.75, 3.05) is 25.2 Å². The molecule has 0 rings (SSSR count). The first kappa shape index (κ1) is 15.3. The van der Waals surface area contributed by atoms with Crippen LogP contribution in [0.4, 0.5) is 0 Å². The Morgan fingerprint density at radius 1 is 0.800 bits per heavy atom. The Morgan fingerprint density at radius 3 is 2.00 bits per heavy atom. The molecular formula is C13H28OS. The SMILES string of the molecule is CCCCCCCCCCSCCOC. The number of hydrogen-bond donors (Lipinski definition) is 0. The van der Waals surface area contributed by atoms with Gasteiger partial charge in [0.2, 0.25) is 0 Å². The van der Waals surface area contributed by atoms with Crippen LogP contribution >= 0.6 is 11.8 Å². The average Bonchev–Trinajstić information content (AvgIpc) is 2.26. The Morgan fingerprint density at radius 2 is 1.40 bits per heavy atom. The predicted octanol–water partition coefficient (Wildman–Crippen LogP) is 4.51. The van der Waals surface area contributed by atoms with Crippen LogP contribution in [0.15, 0.2) is 0 Å². The van der Waals surface area contributed by atoms with Crippen LogP contribution in [0.1, 0.15) is 58.3 Å². The van der Waals surface area contributed by atoms with Crippen LogP contribution in [-0.4, -0.2) is 25.2 Å². The Labute approximate surface area is 100 Å². The van der Waals surface area contributed by atoms with Crippen molar-refractivity contribution in [3.8, 4) is 0 Å². The van der Waals surface area contributed by atoms with E-state index >= 15 is 0 Å². The number of rotatable bonds is 12. The summed E-state index contributed by atoms with van der Waals surface area (Å²) in [5, 5.41) is 0. The lowest BCUT2D eigenvalue weighted by Gasteiger charge is -2.02. The van der Waals surface area contributed by atoms with Gasteiger partial charge in [0.25, 0.3) is 0 Å². The molecule has 92 valence electrons. The molecule has 0 bridgehead atoms. The van der Waals surface area contributed by atoms with Crippen molar-refractivity contribution in [2.45, 2.75) is 58.3 Å². The molecule has 0 atom stereocenters. The molecule has 0 aromatic heterocycles. The first-order chi connectivity index (χ1) is 7.41. The minimum atomic E-state index is 0.904. The monoisotopic (exact) mass is 232 g/mol. The number of thioether (sulfide) groups is 1. The van der Waals surface area contributed by atoms with E-state index in [0.29, 0.717) is 0 Å². The van der Waals surface area contributed by atoms with Gasteiger partial charge in [-0.25, -0.2) is 0 Å². The van der Waals surface area contributed by atoms with Crippen LogP contribution in [-0.2, 0) is 4.74 Å². The summed E-state index contributed by atoms with van der Waals surface area (Å²) in [6.45, 7) is 3.18. The third kappa shape index (κ3) is 14.3. The summed E-state index contributed by atoms with van der Waals surface area (Å²) in [6, 6.07) is 0. The average molecular weight is 232 g/mol. The number of hydrogen-bond acceptors (Lipinski definition) is 2. The van der Waals surface area contributed by atoms with Crippen LogP contribution in [0.5, 0.6) is 0 Å². The van der Waals surface area contributed by atoms with Gasteiger partial charge in [-0.2, -0.15) is 11.8 Å². The summed E-state index contributed by atoms with van der Waals surface area (Å²) >= 11 is 2.02.